The van der Waals surface area contributed by atoms with E-state index in [1.807, 2.05) is 6.07 Å². The summed E-state index contributed by atoms with van der Waals surface area (Å²) in [6.45, 7) is 0. The van der Waals surface area contributed by atoms with Crippen LogP contribution in [0.2, 0.25) is 0 Å². The van der Waals surface area contributed by atoms with Gasteiger partial charge in [0.05, 0.1) is 11.4 Å². The Hall–Kier alpha value is -2.11. The van der Waals surface area contributed by atoms with E-state index < -0.39 is 11.7 Å². The molecule has 3 heterocycles. The number of hydrogen-bond donors (Lipinski definition) is 3. The largest absolute Gasteiger partial charge is 0.353 e. The average molecular weight is 218 g/mol. The first-order valence-corrected chi connectivity index (χ1v) is 5.05. The molecule has 0 bridgehead atoms. The van der Waals surface area contributed by atoms with Crippen LogP contribution >= 0.6 is 0 Å². The highest BCUT2D eigenvalue weighted by atomic mass is 16.2. The van der Waals surface area contributed by atoms with Gasteiger partial charge in [-0.15, -0.1) is 0 Å². The molecule has 1 atom stereocenters. The molecule has 1 fully saturated rings. The summed E-state index contributed by atoms with van der Waals surface area (Å²) in [4.78, 5) is 27.0. The first-order valence-electron chi connectivity index (χ1n) is 5.05. The molecule has 2 aliphatic rings. The van der Waals surface area contributed by atoms with Crippen molar-refractivity contribution >= 4 is 17.6 Å². The molecule has 82 valence electrons. The summed E-state index contributed by atoms with van der Waals surface area (Å²) >= 11 is 0. The first kappa shape index (κ1) is 9.14. The van der Waals surface area contributed by atoms with Crippen molar-refractivity contribution in [2.24, 2.45) is 0 Å². The second-order valence-electron chi connectivity index (χ2n) is 3.94. The third-order valence-corrected chi connectivity index (χ3v) is 2.92. The minimum Gasteiger partial charge on any atom is -0.353 e. The van der Waals surface area contributed by atoms with E-state index >= 15 is 0 Å². The van der Waals surface area contributed by atoms with Crippen molar-refractivity contribution in [3.8, 4) is 0 Å². The van der Waals surface area contributed by atoms with E-state index in [0.717, 1.165) is 11.4 Å². The molecule has 0 aromatic carbocycles. The van der Waals surface area contributed by atoms with Gasteiger partial charge in [0.1, 0.15) is 0 Å². The van der Waals surface area contributed by atoms with Crippen LogP contribution < -0.4 is 16.0 Å². The number of urea groups is 1. The van der Waals surface area contributed by atoms with Crippen LogP contribution in [0.25, 0.3) is 0 Å². The third-order valence-electron chi connectivity index (χ3n) is 2.92. The molecule has 0 radical (unpaired) electrons. The van der Waals surface area contributed by atoms with E-state index in [1.54, 1.807) is 12.3 Å². The Morgan fingerprint density at radius 1 is 1.31 bits per heavy atom. The minimum absolute atomic E-state index is 0.327. The van der Waals surface area contributed by atoms with Crippen molar-refractivity contribution in [3.05, 3.63) is 24.0 Å². The Kier molecular flexibility index (Phi) is 1.68. The Morgan fingerprint density at radius 2 is 2.19 bits per heavy atom. The SMILES string of the molecule is O=C1NC(=O)C2(CCc3ncccc3N2)N1. The molecule has 1 aromatic heterocycles. The molecule has 3 amide bonds. The van der Waals surface area contributed by atoms with Crippen LogP contribution in [0.1, 0.15) is 12.1 Å². The third kappa shape index (κ3) is 1.16. The molecular weight excluding hydrogens is 208 g/mol. The van der Waals surface area contributed by atoms with Crippen molar-refractivity contribution < 1.29 is 9.59 Å². The number of anilines is 1. The second-order valence-corrected chi connectivity index (χ2v) is 3.94. The molecule has 16 heavy (non-hydrogen) atoms. The lowest BCUT2D eigenvalue weighted by Crippen LogP contribution is -2.55. The smallest absolute Gasteiger partial charge is 0.323 e. The Morgan fingerprint density at radius 3 is 2.94 bits per heavy atom. The van der Waals surface area contributed by atoms with E-state index in [9.17, 15) is 9.59 Å². The van der Waals surface area contributed by atoms with Crippen molar-refractivity contribution in [2.45, 2.75) is 18.5 Å². The number of aromatic nitrogens is 1. The molecule has 0 aliphatic carbocycles. The fraction of sp³-hybridized carbons (Fsp3) is 0.300. The highest BCUT2D eigenvalue weighted by molar-refractivity contribution is 6.08. The number of fused-ring (bicyclic) bond motifs is 1. The molecule has 0 saturated carbocycles. The monoisotopic (exact) mass is 218 g/mol. The van der Waals surface area contributed by atoms with E-state index in [2.05, 4.69) is 20.9 Å². The first-order chi connectivity index (χ1) is 7.70. The van der Waals surface area contributed by atoms with Gasteiger partial charge < -0.3 is 10.6 Å². The number of amides is 3. The lowest BCUT2D eigenvalue weighted by molar-refractivity contribution is -0.123. The number of rotatable bonds is 0. The molecule has 1 spiro atoms. The van der Waals surface area contributed by atoms with Crippen LogP contribution in [0.5, 0.6) is 0 Å². The molecule has 2 aliphatic heterocycles. The molecule has 3 rings (SSSR count). The molecular formula is C10H10N4O2. The number of nitrogens with one attached hydrogen (secondary N) is 3. The average Bonchev–Trinajstić information content (AvgIpc) is 2.53. The van der Waals surface area contributed by atoms with Crippen molar-refractivity contribution in [1.29, 1.82) is 0 Å². The highest BCUT2D eigenvalue weighted by Crippen LogP contribution is 2.29. The van der Waals surface area contributed by atoms with Crippen molar-refractivity contribution in [3.63, 3.8) is 0 Å². The second kappa shape index (κ2) is 2.94. The van der Waals surface area contributed by atoms with Gasteiger partial charge in [-0.1, -0.05) is 0 Å². The summed E-state index contributed by atoms with van der Waals surface area (Å²) in [6.07, 6.45) is 2.89. The highest BCUT2D eigenvalue weighted by Gasteiger charge is 2.48. The van der Waals surface area contributed by atoms with Crippen LogP contribution in [0.15, 0.2) is 18.3 Å². The van der Waals surface area contributed by atoms with Gasteiger partial charge in [-0.3, -0.25) is 15.1 Å². The van der Waals surface area contributed by atoms with Crippen LogP contribution in [0.4, 0.5) is 10.5 Å². The summed E-state index contributed by atoms with van der Waals surface area (Å²) < 4.78 is 0. The quantitative estimate of drug-likeness (QED) is 0.534. The predicted octanol–water partition coefficient (Wildman–Crippen LogP) is -0.0246. The zero-order chi connectivity index (χ0) is 11.2. The fourth-order valence-electron chi connectivity index (χ4n) is 2.11. The van der Waals surface area contributed by atoms with Gasteiger partial charge in [0.25, 0.3) is 5.91 Å². The Bertz CT molecular complexity index is 487. The number of pyridine rings is 1. The van der Waals surface area contributed by atoms with E-state index in [4.69, 9.17) is 0 Å². The standard InChI is InChI=1S/C10H10N4O2/c15-8-10(14-9(16)12-8)4-3-6-7(13-10)2-1-5-11-6/h1-2,5,13H,3-4H2,(H2,12,14,15,16). The van der Waals surface area contributed by atoms with Gasteiger partial charge in [-0.05, 0) is 18.6 Å². The maximum Gasteiger partial charge on any atom is 0.323 e. The molecule has 6 nitrogen and oxygen atoms in total. The zero-order valence-corrected chi connectivity index (χ0v) is 8.41. The Balaban J connectivity index is 1.98. The van der Waals surface area contributed by atoms with Crippen LogP contribution in [0.3, 0.4) is 0 Å². The Labute approximate surface area is 91.4 Å². The normalized spacial score (nSPS) is 27.0. The fourth-order valence-corrected chi connectivity index (χ4v) is 2.11. The van der Waals surface area contributed by atoms with Gasteiger partial charge in [0.2, 0.25) is 0 Å². The maximum absolute atomic E-state index is 11.7. The van der Waals surface area contributed by atoms with E-state index in [0.29, 0.717) is 12.8 Å². The number of hydrogen-bond acceptors (Lipinski definition) is 4. The summed E-state index contributed by atoms with van der Waals surface area (Å²) in [5, 5.41) is 7.90. The number of aryl methyl sites for hydroxylation is 1. The number of carbonyl (C=O) groups is 2. The van der Waals surface area contributed by atoms with Crippen molar-refractivity contribution in [2.75, 3.05) is 5.32 Å². The molecule has 1 unspecified atom stereocenters. The molecule has 1 saturated heterocycles. The number of imide groups is 1. The van der Waals surface area contributed by atoms with E-state index in [-0.39, 0.29) is 5.91 Å². The number of carbonyl (C=O) groups excluding carboxylic acids is 2. The van der Waals surface area contributed by atoms with Crippen LogP contribution in [-0.2, 0) is 11.2 Å². The van der Waals surface area contributed by atoms with Crippen LogP contribution in [0, 0.1) is 0 Å². The number of nitrogens with zero attached hydrogens (tertiary/aromatic N) is 1. The zero-order valence-electron chi connectivity index (χ0n) is 8.41. The topological polar surface area (TPSA) is 83.1 Å². The summed E-state index contributed by atoms with van der Waals surface area (Å²) in [5.41, 5.74) is 0.723. The van der Waals surface area contributed by atoms with Gasteiger partial charge in [0, 0.05) is 12.6 Å². The van der Waals surface area contributed by atoms with Crippen LogP contribution in [-0.4, -0.2) is 22.6 Å². The summed E-state index contributed by atoms with van der Waals surface area (Å²) in [5.74, 6) is -0.327. The lowest BCUT2D eigenvalue weighted by Gasteiger charge is -2.33. The van der Waals surface area contributed by atoms with Crippen molar-refractivity contribution in [1.82, 2.24) is 15.6 Å². The van der Waals surface area contributed by atoms with Gasteiger partial charge >= 0.3 is 6.03 Å². The summed E-state index contributed by atoms with van der Waals surface area (Å²) in [7, 11) is 0. The van der Waals surface area contributed by atoms with E-state index in [1.165, 1.54) is 0 Å². The molecule has 1 aromatic rings. The predicted molar refractivity (Wildman–Crippen MR) is 55.6 cm³/mol. The molecule has 3 N–H and O–H groups in total. The molecule has 6 heteroatoms. The van der Waals surface area contributed by atoms with Gasteiger partial charge in [-0.2, -0.15) is 0 Å². The van der Waals surface area contributed by atoms with Gasteiger partial charge in [-0.25, -0.2) is 4.79 Å². The summed E-state index contributed by atoms with van der Waals surface area (Å²) in [6, 6.07) is 3.19. The minimum atomic E-state index is -0.993. The van der Waals surface area contributed by atoms with Gasteiger partial charge in [0.15, 0.2) is 5.66 Å². The lowest BCUT2D eigenvalue weighted by atomic mass is 9.96. The maximum atomic E-state index is 11.7.